The van der Waals surface area contributed by atoms with Gasteiger partial charge in [-0.2, -0.15) is 0 Å². The van der Waals surface area contributed by atoms with Crippen molar-refractivity contribution in [1.82, 2.24) is 20.2 Å². The van der Waals surface area contributed by atoms with Crippen molar-refractivity contribution in [2.24, 2.45) is 0 Å². The molecule has 0 spiro atoms. The van der Waals surface area contributed by atoms with Crippen molar-refractivity contribution in [3.05, 3.63) is 58.3 Å². The number of aromatic nitrogens is 4. The molecule has 3 aromatic rings. The van der Waals surface area contributed by atoms with Gasteiger partial charge in [-0.3, -0.25) is 4.79 Å². The Balaban J connectivity index is 1.47. The summed E-state index contributed by atoms with van der Waals surface area (Å²) in [5.74, 6) is 0.464. The zero-order chi connectivity index (χ0) is 19.2. The summed E-state index contributed by atoms with van der Waals surface area (Å²) in [6.45, 7) is 2.31. The first-order chi connectivity index (χ1) is 13.0. The molecule has 0 aliphatic rings. The lowest BCUT2D eigenvalue weighted by atomic mass is 10.1. The van der Waals surface area contributed by atoms with E-state index >= 15 is 0 Å². The average Bonchev–Trinajstić information content (AvgIpc) is 3.14. The van der Waals surface area contributed by atoms with Gasteiger partial charge < -0.3 is 10.1 Å². The molecule has 0 fully saturated rings. The van der Waals surface area contributed by atoms with E-state index in [9.17, 15) is 4.79 Å². The number of carbonyl (C=O) groups is 1. The van der Waals surface area contributed by atoms with Gasteiger partial charge in [-0.15, -0.1) is 5.10 Å². The van der Waals surface area contributed by atoms with Gasteiger partial charge in [-0.1, -0.05) is 23.2 Å². The zero-order valence-electron chi connectivity index (χ0n) is 14.5. The minimum Gasteiger partial charge on any atom is -0.492 e. The summed E-state index contributed by atoms with van der Waals surface area (Å²) in [7, 11) is 0. The molecule has 1 N–H and O–H groups in total. The summed E-state index contributed by atoms with van der Waals surface area (Å²) in [5.41, 5.74) is 2.52. The Morgan fingerprint density at radius 2 is 2.07 bits per heavy atom. The Hall–Kier alpha value is -2.64. The van der Waals surface area contributed by atoms with Crippen LogP contribution in [-0.2, 0) is 4.79 Å². The van der Waals surface area contributed by atoms with Crippen LogP contribution in [0.1, 0.15) is 18.4 Å². The minimum absolute atomic E-state index is 0.0876. The molecule has 0 aliphatic heterocycles. The van der Waals surface area contributed by atoms with E-state index in [1.165, 1.54) is 6.33 Å². The zero-order valence-corrected chi connectivity index (χ0v) is 16.0. The molecule has 0 radical (unpaired) electrons. The Kier molecular flexibility index (Phi) is 6.26. The smallest absolute Gasteiger partial charge is 0.224 e. The molecule has 1 amide bonds. The third kappa shape index (κ3) is 5.18. The van der Waals surface area contributed by atoms with E-state index in [4.69, 9.17) is 27.9 Å². The molecular weight excluding hydrogens is 389 g/mol. The summed E-state index contributed by atoms with van der Waals surface area (Å²) in [4.78, 5) is 12.1. The van der Waals surface area contributed by atoms with Gasteiger partial charge in [-0.25, -0.2) is 4.68 Å². The molecule has 0 aliphatic carbocycles. The molecule has 0 saturated carbocycles. The fraction of sp³-hybridized carbons (Fsp3) is 0.222. The molecule has 3 rings (SSSR count). The Labute approximate surface area is 166 Å². The number of hydrogen-bond donors (Lipinski definition) is 1. The largest absolute Gasteiger partial charge is 0.492 e. The number of halogens is 2. The molecule has 0 unspecified atom stereocenters. The molecule has 2 aromatic carbocycles. The van der Waals surface area contributed by atoms with Crippen LogP contribution < -0.4 is 10.1 Å². The highest BCUT2D eigenvalue weighted by Gasteiger charge is 2.07. The number of nitrogens with one attached hydrogen (secondary N) is 1. The quantitative estimate of drug-likeness (QED) is 0.598. The second-order valence-electron chi connectivity index (χ2n) is 5.83. The van der Waals surface area contributed by atoms with Crippen LogP contribution in [0.4, 0.5) is 5.69 Å². The van der Waals surface area contributed by atoms with E-state index in [-0.39, 0.29) is 5.91 Å². The highest BCUT2D eigenvalue weighted by molar-refractivity contribution is 6.35. The predicted molar refractivity (Wildman–Crippen MR) is 104 cm³/mol. The molecule has 7 nitrogen and oxygen atoms in total. The van der Waals surface area contributed by atoms with Crippen molar-refractivity contribution in [3.63, 3.8) is 0 Å². The van der Waals surface area contributed by atoms with Gasteiger partial charge in [0.05, 0.1) is 17.3 Å². The lowest BCUT2D eigenvalue weighted by Gasteiger charge is -2.10. The molecule has 27 heavy (non-hydrogen) atoms. The number of carbonyl (C=O) groups excluding carboxylic acids is 1. The van der Waals surface area contributed by atoms with E-state index in [0.717, 1.165) is 16.9 Å². The van der Waals surface area contributed by atoms with Crippen molar-refractivity contribution >= 4 is 34.8 Å². The summed E-state index contributed by atoms with van der Waals surface area (Å²) >= 11 is 11.9. The number of rotatable bonds is 7. The number of hydrogen-bond acceptors (Lipinski definition) is 5. The van der Waals surface area contributed by atoms with Gasteiger partial charge >= 0.3 is 0 Å². The fourth-order valence-corrected chi connectivity index (χ4v) is 2.96. The van der Waals surface area contributed by atoms with Crippen LogP contribution in [-0.4, -0.2) is 32.7 Å². The maximum atomic E-state index is 12.1. The molecule has 9 heteroatoms. The summed E-state index contributed by atoms with van der Waals surface area (Å²) < 4.78 is 7.15. The normalized spacial score (nSPS) is 10.6. The van der Waals surface area contributed by atoms with E-state index in [1.54, 1.807) is 22.9 Å². The van der Waals surface area contributed by atoms with Crippen molar-refractivity contribution in [2.45, 2.75) is 19.8 Å². The number of ether oxygens (including phenoxy) is 1. The van der Waals surface area contributed by atoms with Gasteiger partial charge in [0.1, 0.15) is 12.1 Å². The van der Waals surface area contributed by atoms with E-state index < -0.39 is 0 Å². The van der Waals surface area contributed by atoms with Crippen LogP contribution in [0.3, 0.4) is 0 Å². The van der Waals surface area contributed by atoms with Crippen molar-refractivity contribution in [2.75, 3.05) is 11.9 Å². The second-order valence-corrected chi connectivity index (χ2v) is 6.67. The van der Waals surface area contributed by atoms with E-state index in [0.29, 0.717) is 35.2 Å². The van der Waals surface area contributed by atoms with E-state index in [1.807, 2.05) is 25.1 Å². The van der Waals surface area contributed by atoms with Gasteiger partial charge in [0.25, 0.3) is 0 Å². The third-order valence-electron chi connectivity index (χ3n) is 3.78. The standard InChI is InChI=1S/C18H17Cl2N5O2/c1-12-9-14(5-6-16(12)25-11-21-23-24-25)22-18(26)3-2-8-27-17-7-4-13(19)10-15(17)20/h4-7,9-11H,2-3,8H2,1H3,(H,22,26). The molecule has 0 bridgehead atoms. The predicted octanol–water partition coefficient (Wildman–Crippen LogP) is 4.08. The second kappa shape index (κ2) is 8.83. The number of tetrazole rings is 1. The highest BCUT2D eigenvalue weighted by Crippen LogP contribution is 2.27. The van der Waals surface area contributed by atoms with Crippen LogP contribution in [0.5, 0.6) is 5.75 Å². The Morgan fingerprint density at radius 1 is 1.22 bits per heavy atom. The first-order valence-electron chi connectivity index (χ1n) is 8.24. The molecule has 0 saturated heterocycles. The Bertz CT molecular complexity index is 932. The molecular formula is C18H17Cl2N5O2. The van der Waals surface area contributed by atoms with Crippen LogP contribution in [0.25, 0.3) is 5.69 Å². The minimum atomic E-state index is -0.0876. The van der Waals surface area contributed by atoms with Gasteiger partial charge in [-0.05, 0) is 65.7 Å². The van der Waals surface area contributed by atoms with Gasteiger partial charge in [0.2, 0.25) is 5.91 Å². The topological polar surface area (TPSA) is 81.9 Å². The summed E-state index contributed by atoms with van der Waals surface area (Å²) in [5, 5.41) is 15.0. The first kappa shape index (κ1) is 19.1. The lowest BCUT2D eigenvalue weighted by Crippen LogP contribution is -2.13. The van der Waals surface area contributed by atoms with Crippen molar-refractivity contribution in [3.8, 4) is 11.4 Å². The van der Waals surface area contributed by atoms with Gasteiger partial charge in [0, 0.05) is 17.1 Å². The molecule has 1 aromatic heterocycles. The van der Waals surface area contributed by atoms with Crippen LogP contribution in [0.2, 0.25) is 10.0 Å². The number of aryl methyl sites for hydroxylation is 1. The molecule has 0 atom stereocenters. The third-order valence-corrected chi connectivity index (χ3v) is 4.31. The Morgan fingerprint density at radius 3 is 2.78 bits per heavy atom. The molecule has 1 heterocycles. The van der Waals surface area contributed by atoms with Gasteiger partial charge in [0.15, 0.2) is 0 Å². The molecule has 140 valence electrons. The SMILES string of the molecule is Cc1cc(NC(=O)CCCOc2ccc(Cl)cc2Cl)ccc1-n1cnnn1. The maximum Gasteiger partial charge on any atom is 0.224 e. The average molecular weight is 406 g/mol. The lowest BCUT2D eigenvalue weighted by molar-refractivity contribution is -0.116. The summed E-state index contributed by atoms with van der Waals surface area (Å²) in [6, 6.07) is 10.6. The summed E-state index contributed by atoms with van der Waals surface area (Å²) in [6.07, 6.45) is 2.42. The fourth-order valence-electron chi connectivity index (χ4n) is 2.49. The van der Waals surface area contributed by atoms with E-state index in [2.05, 4.69) is 20.8 Å². The van der Waals surface area contributed by atoms with Crippen LogP contribution >= 0.6 is 23.2 Å². The van der Waals surface area contributed by atoms with Crippen LogP contribution in [0, 0.1) is 6.92 Å². The first-order valence-corrected chi connectivity index (χ1v) is 9.00. The number of benzene rings is 2. The maximum absolute atomic E-state index is 12.1. The van der Waals surface area contributed by atoms with Crippen molar-refractivity contribution < 1.29 is 9.53 Å². The van der Waals surface area contributed by atoms with Crippen molar-refractivity contribution in [1.29, 1.82) is 0 Å². The number of nitrogens with zero attached hydrogens (tertiary/aromatic N) is 4. The highest BCUT2D eigenvalue weighted by atomic mass is 35.5. The van der Waals surface area contributed by atoms with Crippen LogP contribution in [0.15, 0.2) is 42.7 Å². The monoisotopic (exact) mass is 405 g/mol. The number of anilines is 1. The number of amides is 1.